The highest BCUT2D eigenvalue weighted by molar-refractivity contribution is 5.87. The van der Waals surface area contributed by atoms with Crippen molar-refractivity contribution in [2.75, 3.05) is 6.54 Å². The molecule has 108 valence electrons. The summed E-state index contributed by atoms with van der Waals surface area (Å²) < 4.78 is 0. The lowest BCUT2D eigenvalue weighted by atomic mass is 9.92. The number of carboxylic acids is 1. The summed E-state index contributed by atoms with van der Waals surface area (Å²) in [6.07, 6.45) is 6.27. The molecule has 1 aliphatic carbocycles. The minimum atomic E-state index is -0.781. The van der Waals surface area contributed by atoms with Crippen LogP contribution in [0.25, 0.3) is 0 Å². The average molecular weight is 268 g/mol. The third kappa shape index (κ3) is 3.26. The number of nitrogens with one attached hydrogen (secondary N) is 2. The molecule has 1 saturated heterocycles. The van der Waals surface area contributed by atoms with Crippen molar-refractivity contribution in [2.24, 2.45) is 5.92 Å². The Kier molecular flexibility index (Phi) is 4.45. The van der Waals surface area contributed by atoms with E-state index >= 15 is 0 Å². The minimum Gasteiger partial charge on any atom is -0.481 e. The maximum Gasteiger partial charge on any atom is 0.308 e. The van der Waals surface area contributed by atoms with Gasteiger partial charge in [0.05, 0.1) is 11.5 Å². The Balaban J connectivity index is 2.02. The van der Waals surface area contributed by atoms with Gasteiger partial charge in [0, 0.05) is 6.04 Å². The average Bonchev–Trinajstić information content (AvgIpc) is 2.68. The van der Waals surface area contributed by atoms with Crippen LogP contribution in [0.5, 0.6) is 0 Å². The molecule has 5 nitrogen and oxygen atoms in total. The van der Waals surface area contributed by atoms with Gasteiger partial charge in [0.2, 0.25) is 5.91 Å². The number of aliphatic carboxylic acids is 1. The second-order valence-electron chi connectivity index (χ2n) is 6.03. The molecular formula is C14H24N2O3. The fourth-order valence-electron chi connectivity index (χ4n) is 3.19. The molecule has 0 aromatic carbocycles. The highest BCUT2D eigenvalue weighted by Crippen LogP contribution is 2.25. The molecule has 1 aliphatic heterocycles. The first-order chi connectivity index (χ1) is 9.03. The molecule has 2 aliphatic rings. The smallest absolute Gasteiger partial charge is 0.308 e. The van der Waals surface area contributed by atoms with Gasteiger partial charge in [-0.3, -0.25) is 9.59 Å². The van der Waals surface area contributed by atoms with Gasteiger partial charge >= 0.3 is 5.97 Å². The van der Waals surface area contributed by atoms with E-state index in [4.69, 9.17) is 0 Å². The summed E-state index contributed by atoms with van der Waals surface area (Å²) in [5.41, 5.74) is -0.518. The predicted molar refractivity (Wildman–Crippen MR) is 71.8 cm³/mol. The first-order valence-corrected chi connectivity index (χ1v) is 7.32. The van der Waals surface area contributed by atoms with Gasteiger partial charge in [0.15, 0.2) is 0 Å². The van der Waals surface area contributed by atoms with E-state index in [-0.39, 0.29) is 11.9 Å². The maximum absolute atomic E-state index is 12.3. The lowest BCUT2D eigenvalue weighted by molar-refractivity contribution is -0.143. The second-order valence-corrected chi connectivity index (χ2v) is 6.03. The van der Waals surface area contributed by atoms with E-state index in [1.54, 1.807) is 0 Å². The number of hydrogen-bond donors (Lipinski definition) is 3. The van der Waals surface area contributed by atoms with E-state index in [1.165, 1.54) is 0 Å². The molecule has 3 N–H and O–H groups in total. The van der Waals surface area contributed by atoms with Crippen molar-refractivity contribution < 1.29 is 14.7 Å². The summed E-state index contributed by atoms with van der Waals surface area (Å²) in [6, 6.07) is -0.216. The Bertz CT molecular complexity index is 351. The summed E-state index contributed by atoms with van der Waals surface area (Å²) >= 11 is 0. The van der Waals surface area contributed by atoms with Crippen molar-refractivity contribution in [1.82, 2.24) is 10.6 Å². The van der Waals surface area contributed by atoms with Crippen molar-refractivity contribution in [1.29, 1.82) is 0 Å². The summed E-state index contributed by atoms with van der Waals surface area (Å²) in [7, 11) is 0. The van der Waals surface area contributed by atoms with Gasteiger partial charge in [-0.1, -0.05) is 19.3 Å². The van der Waals surface area contributed by atoms with Gasteiger partial charge in [-0.2, -0.15) is 0 Å². The third-order valence-electron chi connectivity index (χ3n) is 4.52. The lowest BCUT2D eigenvalue weighted by Crippen LogP contribution is -2.55. The molecule has 0 aromatic heterocycles. The minimum absolute atomic E-state index is 0.0388. The van der Waals surface area contributed by atoms with E-state index in [9.17, 15) is 14.7 Å². The largest absolute Gasteiger partial charge is 0.481 e. The van der Waals surface area contributed by atoms with Gasteiger partial charge in [-0.15, -0.1) is 0 Å². The zero-order chi connectivity index (χ0) is 13.9. The molecule has 0 aromatic rings. The molecule has 5 heteroatoms. The Hall–Kier alpha value is -1.10. The van der Waals surface area contributed by atoms with Crippen LogP contribution in [0.2, 0.25) is 0 Å². The van der Waals surface area contributed by atoms with Gasteiger partial charge in [-0.25, -0.2) is 0 Å². The normalized spacial score (nSPS) is 35.6. The Morgan fingerprint density at radius 3 is 2.58 bits per heavy atom. The second kappa shape index (κ2) is 5.90. The summed E-state index contributed by atoms with van der Waals surface area (Å²) in [5, 5.41) is 15.5. The molecule has 1 saturated carbocycles. The number of rotatable bonds is 3. The summed E-state index contributed by atoms with van der Waals surface area (Å²) in [4.78, 5) is 23.7. The zero-order valence-corrected chi connectivity index (χ0v) is 11.6. The number of hydrogen-bond acceptors (Lipinski definition) is 3. The number of carbonyl (C=O) groups excluding carboxylic acids is 1. The van der Waals surface area contributed by atoms with Gasteiger partial charge < -0.3 is 15.7 Å². The van der Waals surface area contributed by atoms with Crippen LogP contribution in [0.3, 0.4) is 0 Å². The monoisotopic (exact) mass is 268 g/mol. The van der Waals surface area contributed by atoms with Crippen LogP contribution < -0.4 is 10.6 Å². The van der Waals surface area contributed by atoms with Crippen molar-refractivity contribution >= 4 is 11.9 Å². The van der Waals surface area contributed by atoms with Crippen LogP contribution in [-0.4, -0.2) is 35.1 Å². The molecule has 1 heterocycles. The lowest BCUT2D eigenvalue weighted by Gasteiger charge is -2.29. The van der Waals surface area contributed by atoms with E-state index < -0.39 is 17.4 Å². The van der Waals surface area contributed by atoms with Crippen molar-refractivity contribution in [3.8, 4) is 0 Å². The Labute approximate surface area is 114 Å². The summed E-state index contributed by atoms with van der Waals surface area (Å²) in [5.74, 6) is -1.25. The number of carboxylic acid groups (broad SMARTS) is 1. The fourth-order valence-corrected chi connectivity index (χ4v) is 3.19. The molecule has 0 bridgehead atoms. The van der Waals surface area contributed by atoms with Gasteiger partial charge in [0.1, 0.15) is 0 Å². The molecule has 0 radical (unpaired) electrons. The zero-order valence-electron chi connectivity index (χ0n) is 11.6. The summed E-state index contributed by atoms with van der Waals surface area (Å²) in [6.45, 7) is 2.76. The first kappa shape index (κ1) is 14.3. The van der Waals surface area contributed by atoms with E-state index in [0.717, 1.165) is 45.1 Å². The van der Waals surface area contributed by atoms with E-state index in [2.05, 4.69) is 10.6 Å². The number of carbonyl (C=O) groups is 2. The van der Waals surface area contributed by atoms with Crippen LogP contribution in [0, 0.1) is 5.92 Å². The maximum atomic E-state index is 12.3. The van der Waals surface area contributed by atoms with Crippen molar-refractivity contribution in [3.63, 3.8) is 0 Å². The molecule has 3 unspecified atom stereocenters. The van der Waals surface area contributed by atoms with Crippen molar-refractivity contribution in [3.05, 3.63) is 0 Å². The highest BCUT2D eigenvalue weighted by atomic mass is 16.4. The van der Waals surface area contributed by atoms with Crippen LogP contribution in [0.1, 0.15) is 51.9 Å². The third-order valence-corrected chi connectivity index (χ3v) is 4.52. The topological polar surface area (TPSA) is 78.4 Å². The van der Waals surface area contributed by atoms with Crippen LogP contribution in [-0.2, 0) is 9.59 Å². The molecule has 3 atom stereocenters. The molecule has 19 heavy (non-hydrogen) atoms. The Morgan fingerprint density at radius 2 is 1.95 bits per heavy atom. The standard InChI is InChI=1S/C14H24N2O3/c1-14(8-5-9-15-14)13(19)16-11-7-4-2-3-6-10(11)12(17)18/h10-11,15H,2-9H2,1H3,(H,16,19)(H,17,18). The molecule has 0 spiro atoms. The van der Waals surface area contributed by atoms with Gasteiger partial charge in [0.25, 0.3) is 0 Å². The quantitative estimate of drug-likeness (QED) is 0.674. The molecule has 1 amide bonds. The van der Waals surface area contributed by atoms with E-state index in [1.807, 2.05) is 6.92 Å². The first-order valence-electron chi connectivity index (χ1n) is 7.32. The number of amides is 1. The highest BCUT2D eigenvalue weighted by Gasteiger charge is 2.39. The van der Waals surface area contributed by atoms with Crippen LogP contribution >= 0.6 is 0 Å². The SMILES string of the molecule is CC1(C(=O)NC2CCCCCC2C(=O)O)CCCN1. The predicted octanol–water partition coefficient (Wildman–Crippen LogP) is 1.28. The fraction of sp³-hybridized carbons (Fsp3) is 0.857. The van der Waals surface area contributed by atoms with Gasteiger partial charge in [-0.05, 0) is 39.2 Å². The Morgan fingerprint density at radius 1 is 1.21 bits per heavy atom. The van der Waals surface area contributed by atoms with Crippen molar-refractivity contribution in [2.45, 2.75) is 63.5 Å². The molecule has 2 rings (SSSR count). The van der Waals surface area contributed by atoms with E-state index in [0.29, 0.717) is 6.42 Å². The van der Waals surface area contributed by atoms with Crippen LogP contribution in [0.4, 0.5) is 0 Å². The molecule has 2 fully saturated rings. The van der Waals surface area contributed by atoms with Crippen LogP contribution in [0.15, 0.2) is 0 Å². The molecular weight excluding hydrogens is 244 g/mol.